The Kier molecular flexibility index (Phi) is 8.04. The van der Waals surface area contributed by atoms with E-state index in [0.717, 1.165) is 35.3 Å². The number of hydrogen-bond donors (Lipinski definition) is 1. The Labute approximate surface area is 179 Å². The molecule has 0 radical (unpaired) electrons. The van der Waals surface area contributed by atoms with Gasteiger partial charge in [0.1, 0.15) is 5.75 Å². The Bertz CT molecular complexity index is 672. The molecule has 1 N–H and O–H groups in total. The molecular formula is C28H42O. The van der Waals surface area contributed by atoms with Gasteiger partial charge < -0.3 is 5.11 Å². The van der Waals surface area contributed by atoms with Crippen molar-refractivity contribution in [3.8, 4) is 5.75 Å². The Morgan fingerprint density at radius 2 is 1.62 bits per heavy atom. The van der Waals surface area contributed by atoms with Crippen LogP contribution in [0.2, 0.25) is 0 Å². The zero-order valence-electron chi connectivity index (χ0n) is 18.8. The second-order valence-corrected chi connectivity index (χ2v) is 9.82. The van der Waals surface area contributed by atoms with Crippen molar-refractivity contribution in [3.05, 3.63) is 54.1 Å². The highest BCUT2D eigenvalue weighted by atomic mass is 16.3. The molecule has 0 saturated heterocycles. The van der Waals surface area contributed by atoms with Gasteiger partial charge in [-0.1, -0.05) is 63.8 Å². The standard InChI is InChI=1S/C28H42O/c1-5-8-21-10-12-22(13-11-21)23-14-16-24(17-15-23)26-18-25(9-6-2)28(29)27(19-26)20(4)7-3/h6-7,18-24,29H,2-3,5,8-17H2,1,4H3. The molecule has 1 nitrogen and oxygen atoms in total. The Hall–Kier alpha value is -1.50. The first-order valence-electron chi connectivity index (χ1n) is 12.2. The summed E-state index contributed by atoms with van der Waals surface area (Å²) in [6.45, 7) is 12.3. The monoisotopic (exact) mass is 394 g/mol. The van der Waals surface area contributed by atoms with Gasteiger partial charge in [-0.25, -0.2) is 0 Å². The van der Waals surface area contributed by atoms with Gasteiger partial charge in [-0.15, -0.1) is 13.2 Å². The van der Waals surface area contributed by atoms with Crippen molar-refractivity contribution >= 4 is 0 Å². The average Bonchev–Trinajstić information content (AvgIpc) is 2.76. The lowest BCUT2D eigenvalue weighted by atomic mass is 9.68. The van der Waals surface area contributed by atoms with Gasteiger partial charge in [-0.3, -0.25) is 0 Å². The van der Waals surface area contributed by atoms with Crippen LogP contribution in [0, 0.1) is 17.8 Å². The highest BCUT2D eigenvalue weighted by Crippen LogP contribution is 2.45. The van der Waals surface area contributed by atoms with Crippen LogP contribution < -0.4 is 0 Å². The fourth-order valence-corrected chi connectivity index (χ4v) is 6.05. The lowest BCUT2D eigenvalue weighted by Crippen LogP contribution is -2.25. The van der Waals surface area contributed by atoms with Crippen molar-refractivity contribution in [1.82, 2.24) is 0 Å². The maximum atomic E-state index is 10.7. The molecule has 1 unspecified atom stereocenters. The van der Waals surface area contributed by atoms with Crippen molar-refractivity contribution < 1.29 is 5.11 Å². The first kappa shape index (κ1) is 22.2. The summed E-state index contributed by atoms with van der Waals surface area (Å²) >= 11 is 0. The number of allylic oxidation sites excluding steroid dienone is 2. The number of rotatable bonds is 8. The van der Waals surface area contributed by atoms with Gasteiger partial charge in [-0.05, 0) is 79.7 Å². The van der Waals surface area contributed by atoms with Gasteiger partial charge in [0.25, 0.3) is 0 Å². The van der Waals surface area contributed by atoms with E-state index in [1.54, 1.807) is 0 Å². The van der Waals surface area contributed by atoms with Gasteiger partial charge in [-0.2, -0.15) is 0 Å². The molecule has 1 atom stereocenters. The highest BCUT2D eigenvalue weighted by Gasteiger charge is 2.31. The van der Waals surface area contributed by atoms with Crippen molar-refractivity contribution in [2.45, 2.75) is 96.3 Å². The van der Waals surface area contributed by atoms with Gasteiger partial charge in [0.2, 0.25) is 0 Å². The lowest BCUT2D eigenvalue weighted by molar-refractivity contribution is 0.156. The quantitative estimate of drug-likeness (QED) is 0.440. The summed E-state index contributed by atoms with van der Waals surface area (Å²) in [5.74, 6) is 4.20. The van der Waals surface area contributed by atoms with Crippen molar-refractivity contribution in [3.63, 3.8) is 0 Å². The van der Waals surface area contributed by atoms with E-state index in [0.29, 0.717) is 11.7 Å². The van der Waals surface area contributed by atoms with Gasteiger partial charge in [0, 0.05) is 11.5 Å². The van der Waals surface area contributed by atoms with Crippen LogP contribution in [0.4, 0.5) is 0 Å². The van der Waals surface area contributed by atoms with E-state index < -0.39 is 0 Å². The Morgan fingerprint density at radius 3 is 2.17 bits per heavy atom. The van der Waals surface area contributed by atoms with Crippen molar-refractivity contribution in [2.24, 2.45) is 17.8 Å². The lowest BCUT2D eigenvalue weighted by Gasteiger charge is -2.38. The zero-order chi connectivity index (χ0) is 20.8. The molecular weight excluding hydrogens is 352 g/mol. The molecule has 29 heavy (non-hydrogen) atoms. The van der Waals surface area contributed by atoms with Crippen LogP contribution in [0.5, 0.6) is 5.75 Å². The van der Waals surface area contributed by atoms with E-state index in [9.17, 15) is 5.11 Å². The summed E-state index contributed by atoms with van der Waals surface area (Å²) in [5.41, 5.74) is 3.48. The number of hydrogen-bond acceptors (Lipinski definition) is 1. The zero-order valence-corrected chi connectivity index (χ0v) is 18.8. The summed E-state index contributed by atoms with van der Waals surface area (Å²) in [6.07, 6.45) is 18.6. The van der Waals surface area contributed by atoms with Crippen LogP contribution in [0.15, 0.2) is 37.4 Å². The second-order valence-electron chi connectivity index (χ2n) is 9.82. The molecule has 0 amide bonds. The van der Waals surface area contributed by atoms with Crippen LogP contribution >= 0.6 is 0 Å². The third-order valence-corrected chi connectivity index (χ3v) is 7.95. The molecule has 0 aromatic heterocycles. The molecule has 2 saturated carbocycles. The number of aromatic hydroxyl groups is 1. The maximum absolute atomic E-state index is 10.7. The molecule has 1 aromatic rings. The Morgan fingerprint density at radius 1 is 1.00 bits per heavy atom. The predicted molar refractivity (Wildman–Crippen MR) is 126 cm³/mol. The van der Waals surface area contributed by atoms with Crippen LogP contribution in [0.1, 0.15) is 107 Å². The SMILES string of the molecule is C=CCc1cc(C2CCC(C3CCC(CCC)CC3)CC2)cc(C(C)C=C)c1O. The van der Waals surface area contributed by atoms with Gasteiger partial charge in [0.15, 0.2) is 0 Å². The molecule has 2 aliphatic carbocycles. The fourth-order valence-electron chi connectivity index (χ4n) is 6.05. The topological polar surface area (TPSA) is 20.2 Å². The van der Waals surface area contributed by atoms with Crippen LogP contribution in [-0.4, -0.2) is 5.11 Å². The van der Waals surface area contributed by atoms with Crippen molar-refractivity contribution in [1.29, 1.82) is 0 Å². The molecule has 3 rings (SSSR count). The first-order valence-corrected chi connectivity index (χ1v) is 12.2. The molecule has 160 valence electrons. The number of phenolic OH excluding ortho intramolecular Hbond substituents is 1. The molecule has 0 spiro atoms. The average molecular weight is 395 g/mol. The van der Waals surface area contributed by atoms with E-state index >= 15 is 0 Å². The highest BCUT2D eigenvalue weighted by molar-refractivity contribution is 5.48. The third kappa shape index (κ3) is 5.36. The maximum Gasteiger partial charge on any atom is 0.122 e. The van der Waals surface area contributed by atoms with Crippen molar-refractivity contribution in [2.75, 3.05) is 0 Å². The largest absolute Gasteiger partial charge is 0.507 e. The number of benzene rings is 1. The minimum Gasteiger partial charge on any atom is -0.507 e. The van der Waals surface area contributed by atoms with E-state index in [1.165, 1.54) is 69.8 Å². The van der Waals surface area contributed by atoms with Crippen LogP contribution in [0.25, 0.3) is 0 Å². The second kappa shape index (κ2) is 10.5. The molecule has 0 heterocycles. The summed E-state index contributed by atoms with van der Waals surface area (Å²) in [7, 11) is 0. The first-order chi connectivity index (χ1) is 14.1. The molecule has 2 aliphatic rings. The smallest absolute Gasteiger partial charge is 0.122 e. The molecule has 1 heteroatoms. The third-order valence-electron chi connectivity index (χ3n) is 7.95. The summed E-state index contributed by atoms with van der Waals surface area (Å²) in [5, 5.41) is 10.7. The van der Waals surface area contributed by atoms with Gasteiger partial charge in [0.05, 0.1) is 0 Å². The van der Waals surface area contributed by atoms with E-state index in [1.807, 2.05) is 12.2 Å². The van der Waals surface area contributed by atoms with E-state index in [-0.39, 0.29) is 5.92 Å². The molecule has 0 aliphatic heterocycles. The summed E-state index contributed by atoms with van der Waals surface area (Å²) in [6, 6.07) is 4.51. The molecule has 1 aromatic carbocycles. The summed E-state index contributed by atoms with van der Waals surface area (Å²) < 4.78 is 0. The minimum atomic E-state index is 0.174. The Balaban J connectivity index is 1.65. The molecule has 2 fully saturated rings. The number of phenols is 1. The fraction of sp³-hybridized carbons (Fsp3) is 0.643. The predicted octanol–water partition coefficient (Wildman–Crippen LogP) is 8.29. The van der Waals surface area contributed by atoms with Gasteiger partial charge >= 0.3 is 0 Å². The summed E-state index contributed by atoms with van der Waals surface area (Å²) in [4.78, 5) is 0. The van der Waals surface area contributed by atoms with E-state index in [4.69, 9.17) is 0 Å². The normalized spacial score (nSPS) is 28.6. The van der Waals surface area contributed by atoms with Crippen LogP contribution in [-0.2, 0) is 6.42 Å². The molecule has 0 bridgehead atoms. The van der Waals surface area contributed by atoms with E-state index in [2.05, 4.69) is 39.1 Å². The minimum absolute atomic E-state index is 0.174. The van der Waals surface area contributed by atoms with Crippen LogP contribution in [0.3, 0.4) is 0 Å².